The number of urea groups is 1. The lowest BCUT2D eigenvalue weighted by atomic mass is 9.75. The summed E-state index contributed by atoms with van der Waals surface area (Å²) in [6.07, 6.45) is 2.09. The number of carbonyl (C=O) groups is 2. The molecule has 1 N–H and O–H groups in total. The summed E-state index contributed by atoms with van der Waals surface area (Å²) in [4.78, 5) is 27.4. The van der Waals surface area contributed by atoms with Gasteiger partial charge in [0.05, 0.1) is 12.0 Å². The topological polar surface area (TPSA) is 58.6 Å². The molecule has 0 aliphatic carbocycles. The molecule has 0 aromatic heterocycles. The molecule has 1 aliphatic heterocycles. The second-order valence-corrected chi connectivity index (χ2v) is 7.33. The van der Waals surface area contributed by atoms with Crippen LogP contribution in [-0.2, 0) is 22.5 Å². The van der Waals surface area contributed by atoms with Gasteiger partial charge in [0.2, 0.25) is 0 Å². The Hall–Kier alpha value is -2.82. The van der Waals surface area contributed by atoms with Gasteiger partial charge in [-0.05, 0) is 37.3 Å². The van der Waals surface area contributed by atoms with E-state index in [2.05, 4.69) is 5.32 Å². The number of carbonyl (C=O) groups excluding carboxylic acids is 2. The number of ether oxygens (including phenoxy) is 1. The molecule has 1 saturated heterocycles. The molecular formula is C23H28N2O3. The Balaban J connectivity index is 1.71. The fourth-order valence-corrected chi connectivity index (χ4v) is 3.84. The molecular weight excluding hydrogens is 352 g/mol. The molecule has 3 rings (SSSR count). The zero-order valence-electron chi connectivity index (χ0n) is 16.4. The molecule has 28 heavy (non-hydrogen) atoms. The maximum Gasteiger partial charge on any atom is 0.317 e. The SMILES string of the molecule is CCOC(=O)[C@@]1(Cc2ccccc2)CCCN(C(=O)NCc2ccccc2)C1. The predicted octanol–water partition coefficient (Wildman–Crippen LogP) is 3.78. The second kappa shape index (κ2) is 9.40. The standard InChI is InChI=1S/C23H28N2O3/c1-2-28-21(26)23(16-19-10-5-3-6-11-19)14-9-15-25(18-23)22(27)24-17-20-12-7-4-8-13-20/h3-8,10-13H,2,9,14-18H2,1H3,(H,24,27)/t23-/m1/s1. The highest BCUT2D eigenvalue weighted by Crippen LogP contribution is 2.35. The number of esters is 1. The van der Waals surface area contributed by atoms with Crippen molar-refractivity contribution in [3.63, 3.8) is 0 Å². The van der Waals surface area contributed by atoms with Crippen LogP contribution in [0, 0.1) is 5.41 Å². The van der Waals surface area contributed by atoms with Crippen LogP contribution in [0.25, 0.3) is 0 Å². The lowest BCUT2D eigenvalue weighted by Crippen LogP contribution is -2.53. The lowest BCUT2D eigenvalue weighted by molar-refractivity contribution is -0.158. The summed E-state index contributed by atoms with van der Waals surface area (Å²) in [6, 6.07) is 19.6. The van der Waals surface area contributed by atoms with E-state index in [4.69, 9.17) is 4.74 Å². The third-order valence-electron chi connectivity index (χ3n) is 5.24. The molecule has 2 amide bonds. The Morgan fingerprint density at radius 1 is 1.04 bits per heavy atom. The number of hydrogen-bond donors (Lipinski definition) is 1. The van der Waals surface area contributed by atoms with E-state index in [0.29, 0.717) is 32.7 Å². The third-order valence-corrected chi connectivity index (χ3v) is 5.24. The molecule has 0 saturated carbocycles. The first kappa shape index (κ1) is 19.9. The van der Waals surface area contributed by atoms with E-state index in [1.807, 2.05) is 67.6 Å². The summed E-state index contributed by atoms with van der Waals surface area (Å²) in [7, 11) is 0. The van der Waals surface area contributed by atoms with E-state index in [-0.39, 0.29) is 12.0 Å². The maximum absolute atomic E-state index is 12.9. The minimum Gasteiger partial charge on any atom is -0.466 e. The summed E-state index contributed by atoms with van der Waals surface area (Å²) in [5.74, 6) is -0.209. The molecule has 1 heterocycles. The molecule has 0 unspecified atom stereocenters. The number of benzene rings is 2. The average molecular weight is 380 g/mol. The molecule has 0 radical (unpaired) electrons. The van der Waals surface area contributed by atoms with Crippen molar-refractivity contribution < 1.29 is 14.3 Å². The average Bonchev–Trinajstić information content (AvgIpc) is 2.74. The van der Waals surface area contributed by atoms with Gasteiger partial charge < -0.3 is 15.0 Å². The van der Waals surface area contributed by atoms with Crippen molar-refractivity contribution in [2.75, 3.05) is 19.7 Å². The number of rotatable bonds is 6. The van der Waals surface area contributed by atoms with E-state index in [9.17, 15) is 9.59 Å². The van der Waals surface area contributed by atoms with Gasteiger partial charge in [-0.25, -0.2) is 4.79 Å². The van der Waals surface area contributed by atoms with Crippen molar-refractivity contribution in [2.24, 2.45) is 5.41 Å². The highest BCUT2D eigenvalue weighted by Gasteiger charge is 2.44. The van der Waals surface area contributed by atoms with Crippen molar-refractivity contribution >= 4 is 12.0 Å². The summed E-state index contributed by atoms with van der Waals surface area (Å²) in [5, 5.41) is 2.98. The Labute approximate surface area is 166 Å². The van der Waals surface area contributed by atoms with Crippen LogP contribution in [0.4, 0.5) is 4.79 Å². The van der Waals surface area contributed by atoms with Crippen molar-refractivity contribution in [3.8, 4) is 0 Å². The van der Waals surface area contributed by atoms with Gasteiger partial charge in [0.15, 0.2) is 0 Å². The quantitative estimate of drug-likeness (QED) is 0.776. The lowest BCUT2D eigenvalue weighted by Gasteiger charge is -2.41. The van der Waals surface area contributed by atoms with E-state index < -0.39 is 5.41 Å². The second-order valence-electron chi connectivity index (χ2n) is 7.33. The normalized spacial score (nSPS) is 19.1. The molecule has 2 aromatic carbocycles. The smallest absolute Gasteiger partial charge is 0.317 e. The highest BCUT2D eigenvalue weighted by molar-refractivity contribution is 5.80. The number of nitrogens with one attached hydrogen (secondary N) is 1. The first-order valence-electron chi connectivity index (χ1n) is 9.91. The zero-order valence-corrected chi connectivity index (χ0v) is 16.4. The highest BCUT2D eigenvalue weighted by atomic mass is 16.5. The summed E-state index contributed by atoms with van der Waals surface area (Å²) in [5.41, 5.74) is 1.44. The zero-order chi connectivity index (χ0) is 19.8. The number of likely N-dealkylation sites (tertiary alicyclic amines) is 1. The van der Waals surface area contributed by atoms with Crippen LogP contribution in [0.1, 0.15) is 30.9 Å². The molecule has 5 nitrogen and oxygen atoms in total. The number of nitrogens with zero attached hydrogens (tertiary/aromatic N) is 1. The molecule has 1 fully saturated rings. The largest absolute Gasteiger partial charge is 0.466 e. The van der Waals surface area contributed by atoms with Crippen LogP contribution < -0.4 is 5.32 Å². The number of hydrogen-bond acceptors (Lipinski definition) is 3. The van der Waals surface area contributed by atoms with Gasteiger partial charge in [-0.3, -0.25) is 4.79 Å². The van der Waals surface area contributed by atoms with Crippen LogP contribution in [0.3, 0.4) is 0 Å². The van der Waals surface area contributed by atoms with Crippen LogP contribution in [0.15, 0.2) is 60.7 Å². The molecule has 1 aliphatic rings. The predicted molar refractivity (Wildman–Crippen MR) is 109 cm³/mol. The summed E-state index contributed by atoms with van der Waals surface area (Å²) >= 11 is 0. The van der Waals surface area contributed by atoms with E-state index >= 15 is 0 Å². The van der Waals surface area contributed by atoms with Gasteiger partial charge in [0.1, 0.15) is 0 Å². The Morgan fingerprint density at radius 3 is 2.32 bits per heavy atom. The van der Waals surface area contributed by atoms with Gasteiger partial charge in [0.25, 0.3) is 0 Å². The first-order valence-corrected chi connectivity index (χ1v) is 9.91. The van der Waals surface area contributed by atoms with E-state index in [0.717, 1.165) is 24.0 Å². The van der Waals surface area contributed by atoms with Crippen LogP contribution in [0.2, 0.25) is 0 Å². The summed E-state index contributed by atoms with van der Waals surface area (Å²) in [6.45, 7) is 3.66. The van der Waals surface area contributed by atoms with Gasteiger partial charge in [-0.15, -0.1) is 0 Å². The molecule has 148 valence electrons. The third kappa shape index (κ3) is 4.91. The minimum absolute atomic E-state index is 0.134. The minimum atomic E-state index is -0.695. The maximum atomic E-state index is 12.9. The number of amides is 2. The van der Waals surface area contributed by atoms with Crippen molar-refractivity contribution in [1.29, 1.82) is 0 Å². The molecule has 0 bridgehead atoms. The molecule has 0 spiro atoms. The van der Waals surface area contributed by atoms with Crippen LogP contribution >= 0.6 is 0 Å². The van der Waals surface area contributed by atoms with Gasteiger partial charge in [-0.1, -0.05) is 60.7 Å². The van der Waals surface area contributed by atoms with E-state index in [1.165, 1.54) is 0 Å². The molecule has 2 aromatic rings. The summed E-state index contributed by atoms with van der Waals surface area (Å²) < 4.78 is 5.42. The Bertz CT molecular complexity index is 779. The van der Waals surface area contributed by atoms with Gasteiger partial charge in [0, 0.05) is 19.6 Å². The molecule has 1 atom stereocenters. The Kier molecular flexibility index (Phi) is 6.69. The van der Waals surface area contributed by atoms with Gasteiger partial charge >= 0.3 is 12.0 Å². The fraction of sp³-hybridized carbons (Fsp3) is 0.391. The molecule has 5 heteroatoms. The van der Waals surface area contributed by atoms with Crippen molar-refractivity contribution in [2.45, 2.75) is 32.7 Å². The monoisotopic (exact) mass is 380 g/mol. The van der Waals surface area contributed by atoms with Gasteiger partial charge in [-0.2, -0.15) is 0 Å². The van der Waals surface area contributed by atoms with Crippen LogP contribution in [-0.4, -0.2) is 36.6 Å². The first-order chi connectivity index (χ1) is 13.6. The van der Waals surface area contributed by atoms with Crippen molar-refractivity contribution in [1.82, 2.24) is 10.2 Å². The van der Waals surface area contributed by atoms with E-state index in [1.54, 1.807) is 4.90 Å². The van der Waals surface area contributed by atoms with Crippen LogP contribution in [0.5, 0.6) is 0 Å². The van der Waals surface area contributed by atoms with Crippen molar-refractivity contribution in [3.05, 3.63) is 71.8 Å². The number of piperidine rings is 1. The fourth-order valence-electron chi connectivity index (χ4n) is 3.84. The Morgan fingerprint density at radius 2 is 1.68 bits per heavy atom.